The Balaban J connectivity index is 2.54. The van der Waals surface area contributed by atoms with Gasteiger partial charge in [0, 0.05) is 0 Å². The van der Waals surface area contributed by atoms with Gasteiger partial charge in [0.05, 0.1) is 8.07 Å². The minimum Gasteiger partial charge on any atom is -0.0746 e. The average molecular weight is 287 g/mol. The van der Waals surface area contributed by atoms with E-state index in [9.17, 15) is 0 Å². The van der Waals surface area contributed by atoms with Crippen molar-refractivity contribution < 1.29 is 0 Å². The molecule has 0 fully saturated rings. The van der Waals surface area contributed by atoms with E-state index in [2.05, 4.69) is 72.7 Å². The topological polar surface area (TPSA) is 0 Å². The summed E-state index contributed by atoms with van der Waals surface area (Å²) in [7, 11) is -1.45. The van der Waals surface area contributed by atoms with E-state index in [0.717, 1.165) is 16.6 Å². The first-order chi connectivity index (χ1) is 9.31. The van der Waals surface area contributed by atoms with Crippen LogP contribution in [0.5, 0.6) is 0 Å². The van der Waals surface area contributed by atoms with E-state index in [1.54, 1.807) is 10.8 Å². The molecule has 1 aromatic carbocycles. The zero-order valence-electron chi connectivity index (χ0n) is 14.2. The van der Waals surface area contributed by atoms with E-state index in [4.69, 9.17) is 0 Å². The van der Waals surface area contributed by atoms with Crippen molar-refractivity contribution in [2.75, 3.05) is 0 Å². The summed E-state index contributed by atoms with van der Waals surface area (Å²) in [4.78, 5) is 0. The van der Waals surface area contributed by atoms with Crippen LogP contribution >= 0.6 is 0 Å². The maximum Gasteiger partial charge on any atom is 0.0895 e. The van der Waals surface area contributed by atoms with Crippen LogP contribution in [0.25, 0.3) is 6.08 Å². The average Bonchev–Trinajstić information content (AvgIpc) is 2.73. The second kappa shape index (κ2) is 5.52. The molecule has 110 valence electrons. The molecule has 0 radical (unpaired) electrons. The standard InChI is InChI=1S/C19H30Si/c1-13(2)20(14(3)4,15(5)6)18-11-17-10-8-9-16(7)19(17)12-18/h8-10,12-15H,11H2,1-7H3. The van der Waals surface area contributed by atoms with E-state index in [-0.39, 0.29) is 0 Å². The van der Waals surface area contributed by atoms with Crippen molar-refractivity contribution in [2.24, 2.45) is 0 Å². The van der Waals surface area contributed by atoms with Crippen LogP contribution in [-0.4, -0.2) is 8.07 Å². The van der Waals surface area contributed by atoms with E-state index >= 15 is 0 Å². The predicted molar refractivity (Wildman–Crippen MR) is 93.9 cm³/mol. The molecule has 0 atom stereocenters. The number of allylic oxidation sites excluding steroid dienone is 1. The third-order valence-corrected chi connectivity index (χ3v) is 12.7. The molecule has 0 aromatic heterocycles. The Kier molecular flexibility index (Phi) is 4.29. The van der Waals surface area contributed by atoms with E-state index in [1.807, 2.05) is 0 Å². The van der Waals surface area contributed by atoms with Crippen molar-refractivity contribution >= 4 is 14.1 Å². The minimum atomic E-state index is -1.45. The summed E-state index contributed by atoms with van der Waals surface area (Å²) in [6.07, 6.45) is 3.77. The molecule has 0 amide bonds. The lowest BCUT2D eigenvalue weighted by molar-refractivity contribution is 0.820. The highest BCUT2D eigenvalue weighted by molar-refractivity contribution is 6.90. The lowest BCUT2D eigenvalue weighted by Crippen LogP contribution is -2.46. The first kappa shape index (κ1) is 15.6. The number of benzene rings is 1. The summed E-state index contributed by atoms with van der Waals surface area (Å²) in [5, 5.41) is 1.79. The third kappa shape index (κ3) is 2.20. The summed E-state index contributed by atoms with van der Waals surface area (Å²) < 4.78 is 0. The Bertz CT molecular complexity index is 499. The molecule has 0 aliphatic heterocycles. The zero-order valence-corrected chi connectivity index (χ0v) is 15.2. The van der Waals surface area contributed by atoms with Crippen LogP contribution in [0.15, 0.2) is 23.4 Å². The lowest BCUT2D eigenvalue weighted by atomic mass is 10.1. The Labute approximate surface area is 126 Å². The van der Waals surface area contributed by atoms with Crippen molar-refractivity contribution in [1.29, 1.82) is 0 Å². The monoisotopic (exact) mass is 286 g/mol. The van der Waals surface area contributed by atoms with Crippen LogP contribution in [0.2, 0.25) is 16.6 Å². The van der Waals surface area contributed by atoms with Gasteiger partial charge in [0.1, 0.15) is 0 Å². The molecule has 0 saturated carbocycles. The number of fused-ring (bicyclic) bond motifs is 1. The summed E-state index contributed by atoms with van der Waals surface area (Å²) in [6, 6.07) is 6.79. The Morgan fingerprint density at radius 3 is 1.90 bits per heavy atom. The fraction of sp³-hybridized carbons (Fsp3) is 0.579. The van der Waals surface area contributed by atoms with Gasteiger partial charge in [0.2, 0.25) is 0 Å². The summed E-state index contributed by atoms with van der Waals surface area (Å²) in [5.74, 6) is 0. The van der Waals surface area contributed by atoms with Gasteiger partial charge < -0.3 is 0 Å². The molecule has 1 aliphatic rings. The summed E-state index contributed by atoms with van der Waals surface area (Å²) >= 11 is 0. The fourth-order valence-electron chi connectivity index (χ4n) is 4.92. The second-order valence-corrected chi connectivity index (χ2v) is 13.4. The normalized spacial score (nSPS) is 15.2. The number of hydrogen-bond acceptors (Lipinski definition) is 0. The molecule has 1 aliphatic carbocycles. The molecule has 0 unspecified atom stereocenters. The molecule has 0 heterocycles. The van der Waals surface area contributed by atoms with Crippen LogP contribution in [-0.2, 0) is 6.42 Å². The molecule has 0 saturated heterocycles. The minimum absolute atomic E-state index is 0.809. The van der Waals surface area contributed by atoms with Gasteiger partial charge in [-0.3, -0.25) is 0 Å². The Morgan fingerprint density at radius 2 is 1.45 bits per heavy atom. The molecule has 1 heteroatoms. The van der Waals surface area contributed by atoms with Gasteiger partial charge in [0.15, 0.2) is 0 Å². The van der Waals surface area contributed by atoms with E-state index in [0.29, 0.717) is 0 Å². The number of aryl methyl sites for hydroxylation is 1. The van der Waals surface area contributed by atoms with Crippen LogP contribution in [0.3, 0.4) is 0 Å². The first-order valence-corrected chi connectivity index (χ1v) is 10.3. The Hall–Kier alpha value is -0.823. The van der Waals surface area contributed by atoms with Crippen LogP contribution in [0.4, 0.5) is 0 Å². The van der Waals surface area contributed by atoms with Gasteiger partial charge in [-0.15, -0.1) is 0 Å². The maximum absolute atomic E-state index is 2.57. The van der Waals surface area contributed by atoms with Crippen molar-refractivity contribution in [2.45, 2.75) is 71.5 Å². The quantitative estimate of drug-likeness (QED) is 0.582. The molecule has 0 N–H and O–H groups in total. The molecule has 0 nitrogen and oxygen atoms in total. The highest BCUT2D eigenvalue weighted by Crippen LogP contribution is 2.49. The second-order valence-electron chi connectivity index (χ2n) is 7.39. The van der Waals surface area contributed by atoms with Gasteiger partial charge in [0.25, 0.3) is 0 Å². The lowest BCUT2D eigenvalue weighted by Gasteiger charge is -2.44. The van der Waals surface area contributed by atoms with E-state index < -0.39 is 8.07 Å². The third-order valence-electron chi connectivity index (χ3n) is 5.54. The first-order valence-electron chi connectivity index (χ1n) is 8.11. The molecule has 1 aromatic rings. The van der Waals surface area contributed by atoms with Crippen molar-refractivity contribution in [3.8, 4) is 0 Å². The fourth-order valence-corrected chi connectivity index (χ4v) is 12.0. The molecule has 0 bridgehead atoms. The molecular formula is C19H30Si. The Morgan fingerprint density at radius 1 is 0.900 bits per heavy atom. The highest BCUT2D eigenvalue weighted by Gasteiger charge is 2.46. The molecular weight excluding hydrogens is 256 g/mol. The van der Waals surface area contributed by atoms with Crippen molar-refractivity contribution in [3.63, 3.8) is 0 Å². The van der Waals surface area contributed by atoms with Gasteiger partial charge >= 0.3 is 0 Å². The maximum atomic E-state index is 2.57. The SMILES string of the molecule is Cc1cccc2c1C=C([Si](C(C)C)(C(C)C)C(C)C)C2. The zero-order chi connectivity index (χ0) is 15.1. The number of rotatable bonds is 4. The largest absolute Gasteiger partial charge is 0.0895 e. The van der Waals surface area contributed by atoms with Gasteiger partial charge in [-0.05, 0) is 46.7 Å². The smallest absolute Gasteiger partial charge is 0.0746 e. The number of hydrogen-bond donors (Lipinski definition) is 0. The van der Waals surface area contributed by atoms with E-state index in [1.165, 1.54) is 17.5 Å². The van der Waals surface area contributed by atoms with Gasteiger partial charge in [-0.25, -0.2) is 0 Å². The van der Waals surface area contributed by atoms with Crippen LogP contribution in [0, 0.1) is 6.92 Å². The van der Waals surface area contributed by atoms with Crippen molar-refractivity contribution in [1.82, 2.24) is 0 Å². The molecule has 20 heavy (non-hydrogen) atoms. The van der Waals surface area contributed by atoms with Crippen molar-refractivity contribution in [3.05, 3.63) is 40.1 Å². The van der Waals surface area contributed by atoms with Crippen LogP contribution < -0.4 is 0 Å². The predicted octanol–water partition coefficient (Wildman–Crippen LogP) is 6.15. The van der Waals surface area contributed by atoms with Crippen LogP contribution in [0.1, 0.15) is 58.2 Å². The summed E-state index contributed by atoms with van der Waals surface area (Å²) in [6.45, 7) is 17.0. The molecule has 2 rings (SSSR count). The summed E-state index contributed by atoms with van der Waals surface area (Å²) in [5.41, 5.74) is 6.94. The van der Waals surface area contributed by atoms with Gasteiger partial charge in [-0.1, -0.05) is 71.0 Å². The van der Waals surface area contributed by atoms with Gasteiger partial charge in [-0.2, -0.15) is 0 Å². The highest BCUT2D eigenvalue weighted by atomic mass is 28.3. The molecule has 0 spiro atoms.